The highest BCUT2D eigenvalue weighted by Crippen LogP contribution is 2.20. The van der Waals surface area contributed by atoms with Gasteiger partial charge in [0.25, 0.3) is 0 Å². The standard InChI is InChI=1S/C18H25NO3/c1-3-17(13-15-7-5-4-6-8-15)22-18(21)16-9-11-19(12-10-16)14(2)20/h4-8,16-17H,3,9-13H2,1-2H3/t17-/m0/s1. The van der Waals surface area contributed by atoms with E-state index in [0.29, 0.717) is 25.9 Å². The molecule has 0 aromatic heterocycles. The molecule has 0 N–H and O–H groups in total. The number of nitrogens with zero attached hydrogens (tertiary/aromatic N) is 1. The van der Waals surface area contributed by atoms with Crippen LogP contribution in [-0.2, 0) is 20.7 Å². The molecule has 1 atom stereocenters. The van der Waals surface area contributed by atoms with Gasteiger partial charge in [0.05, 0.1) is 5.92 Å². The minimum absolute atomic E-state index is 0.0688. The second-order valence-electron chi connectivity index (χ2n) is 5.94. The molecule has 1 amide bonds. The van der Waals surface area contributed by atoms with Crippen LogP contribution in [0.15, 0.2) is 30.3 Å². The average Bonchev–Trinajstić information content (AvgIpc) is 2.55. The molecule has 0 bridgehead atoms. The van der Waals surface area contributed by atoms with E-state index in [4.69, 9.17) is 4.74 Å². The highest BCUT2D eigenvalue weighted by atomic mass is 16.5. The Labute approximate surface area is 132 Å². The SMILES string of the molecule is CC[C@@H](Cc1ccccc1)OC(=O)C1CCN(C(C)=O)CC1. The van der Waals surface area contributed by atoms with Gasteiger partial charge < -0.3 is 9.64 Å². The molecule has 4 nitrogen and oxygen atoms in total. The Morgan fingerprint density at radius 3 is 2.41 bits per heavy atom. The van der Waals surface area contributed by atoms with Crippen molar-refractivity contribution in [2.75, 3.05) is 13.1 Å². The molecule has 1 saturated heterocycles. The van der Waals surface area contributed by atoms with E-state index in [9.17, 15) is 9.59 Å². The van der Waals surface area contributed by atoms with E-state index in [0.717, 1.165) is 12.8 Å². The Morgan fingerprint density at radius 1 is 1.23 bits per heavy atom. The molecule has 1 aliphatic heterocycles. The Morgan fingerprint density at radius 2 is 1.86 bits per heavy atom. The van der Waals surface area contributed by atoms with Crippen LogP contribution in [0.4, 0.5) is 0 Å². The summed E-state index contributed by atoms with van der Waals surface area (Å²) in [6, 6.07) is 10.1. The first-order valence-electron chi connectivity index (χ1n) is 8.10. The topological polar surface area (TPSA) is 46.6 Å². The fourth-order valence-electron chi connectivity index (χ4n) is 2.84. The van der Waals surface area contributed by atoms with Gasteiger partial charge in [-0.05, 0) is 24.8 Å². The zero-order chi connectivity index (χ0) is 15.9. The molecule has 1 aromatic carbocycles. The molecule has 0 aliphatic carbocycles. The molecule has 4 heteroatoms. The first kappa shape index (κ1) is 16.5. The summed E-state index contributed by atoms with van der Waals surface area (Å²) in [4.78, 5) is 25.4. The van der Waals surface area contributed by atoms with E-state index >= 15 is 0 Å². The Bertz CT molecular complexity index is 492. The molecule has 120 valence electrons. The maximum atomic E-state index is 12.3. The number of hydrogen-bond donors (Lipinski definition) is 0. The second-order valence-corrected chi connectivity index (χ2v) is 5.94. The molecule has 22 heavy (non-hydrogen) atoms. The minimum atomic E-state index is -0.106. The summed E-state index contributed by atoms with van der Waals surface area (Å²) in [6.07, 6.45) is 2.92. The van der Waals surface area contributed by atoms with E-state index in [1.165, 1.54) is 5.56 Å². The predicted octanol–water partition coefficient (Wildman–Crippen LogP) is 2.81. The van der Waals surface area contributed by atoms with Gasteiger partial charge in [-0.25, -0.2) is 0 Å². The van der Waals surface area contributed by atoms with Gasteiger partial charge in [0.15, 0.2) is 0 Å². The van der Waals surface area contributed by atoms with Crippen LogP contribution in [0.3, 0.4) is 0 Å². The minimum Gasteiger partial charge on any atom is -0.462 e. The molecule has 1 heterocycles. The molecular weight excluding hydrogens is 278 g/mol. The van der Waals surface area contributed by atoms with Gasteiger partial charge in [-0.15, -0.1) is 0 Å². The van der Waals surface area contributed by atoms with E-state index in [-0.39, 0.29) is 23.9 Å². The molecule has 0 unspecified atom stereocenters. The monoisotopic (exact) mass is 303 g/mol. The van der Waals surface area contributed by atoms with Crippen molar-refractivity contribution in [3.05, 3.63) is 35.9 Å². The van der Waals surface area contributed by atoms with Crippen molar-refractivity contribution in [1.82, 2.24) is 4.90 Å². The zero-order valence-corrected chi connectivity index (χ0v) is 13.5. The number of rotatable bonds is 5. The lowest BCUT2D eigenvalue weighted by Crippen LogP contribution is -2.40. The van der Waals surface area contributed by atoms with Gasteiger partial charge in [0.1, 0.15) is 6.10 Å². The van der Waals surface area contributed by atoms with Crippen LogP contribution < -0.4 is 0 Å². The summed E-state index contributed by atoms with van der Waals surface area (Å²) >= 11 is 0. The van der Waals surface area contributed by atoms with Crippen LogP contribution in [0.1, 0.15) is 38.7 Å². The number of ether oxygens (including phenoxy) is 1. The normalized spacial score (nSPS) is 17.1. The van der Waals surface area contributed by atoms with E-state index in [1.807, 2.05) is 25.1 Å². The number of esters is 1. The van der Waals surface area contributed by atoms with Crippen molar-refractivity contribution in [2.45, 2.75) is 45.6 Å². The summed E-state index contributed by atoms with van der Waals surface area (Å²) in [7, 11) is 0. The lowest BCUT2D eigenvalue weighted by molar-refractivity contribution is -0.156. The van der Waals surface area contributed by atoms with E-state index in [2.05, 4.69) is 12.1 Å². The summed E-state index contributed by atoms with van der Waals surface area (Å²) < 4.78 is 5.70. The molecule has 1 aromatic rings. The average molecular weight is 303 g/mol. The van der Waals surface area contributed by atoms with Crippen LogP contribution in [0.25, 0.3) is 0 Å². The van der Waals surface area contributed by atoms with Crippen molar-refractivity contribution in [3.8, 4) is 0 Å². The molecule has 1 fully saturated rings. The predicted molar refractivity (Wildman–Crippen MR) is 85.3 cm³/mol. The van der Waals surface area contributed by atoms with Crippen molar-refractivity contribution in [2.24, 2.45) is 5.92 Å². The van der Waals surface area contributed by atoms with Gasteiger partial charge in [-0.3, -0.25) is 9.59 Å². The molecule has 0 radical (unpaired) electrons. The Hall–Kier alpha value is -1.84. The summed E-state index contributed by atoms with van der Waals surface area (Å²) in [5, 5.41) is 0. The molecule has 0 saturated carbocycles. The number of hydrogen-bond acceptors (Lipinski definition) is 3. The zero-order valence-electron chi connectivity index (χ0n) is 13.5. The van der Waals surface area contributed by atoms with Crippen LogP contribution in [0, 0.1) is 5.92 Å². The number of carbonyl (C=O) groups excluding carboxylic acids is 2. The van der Waals surface area contributed by atoms with E-state index in [1.54, 1.807) is 11.8 Å². The van der Waals surface area contributed by atoms with E-state index < -0.39 is 0 Å². The molecule has 1 aliphatic rings. The highest BCUT2D eigenvalue weighted by molar-refractivity contribution is 5.75. The van der Waals surface area contributed by atoms with Gasteiger partial charge in [-0.2, -0.15) is 0 Å². The van der Waals surface area contributed by atoms with Crippen LogP contribution in [0.2, 0.25) is 0 Å². The number of carbonyl (C=O) groups is 2. The first-order valence-corrected chi connectivity index (χ1v) is 8.10. The second kappa shape index (κ2) is 7.97. The van der Waals surface area contributed by atoms with Gasteiger partial charge >= 0.3 is 5.97 Å². The van der Waals surface area contributed by atoms with Crippen LogP contribution >= 0.6 is 0 Å². The van der Waals surface area contributed by atoms with Crippen molar-refractivity contribution >= 4 is 11.9 Å². The summed E-state index contributed by atoms with van der Waals surface area (Å²) in [5.74, 6) is -0.0891. The van der Waals surface area contributed by atoms with Gasteiger partial charge in [-0.1, -0.05) is 37.3 Å². The van der Waals surface area contributed by atoms with Gasteiger partial charge in [0.2, 0.25) is 5.91 Å². The highest BCUT2D eigenvalue weighted by Gasteiger charge is 2.28. The first-order chi connectivity index (χ1) is 10.6. The quantitative estimate of drug-likeness (QED) is 0.786. The smallest absolute Gasteiger partial charge is 0.309 e. The third-order valence-corrected chi connectivity index (χ3v) is 4.32. The molecule has 2 rings (SSSR count). The Kier molecular flexibility index (Phi) is 5.99. The summed E-state index contributed by atoms with van der Waals surface area (Å²) in [6.45, 7) is 4.93. The van der Waals surface area contributed by atoms with Crippen molar-refractivity contribution in [3.63, 3.8) is 0 Å². The molecular formula is C18H25NO3. The van der Waals surface area contributed by atoms with Crippen molar-refractivity contribution < 1.29 is 14.3 Å². The number of likely N-dealkylation sites (tertiary alicyclic amines) is 1. The third-order valence-electron chi connectivity index (χ3n) is 4.32. The maximum Gasteiger partial charge on any atom is 0.309 e. The van der Waals surface area contributed by atoms with Crippen LogP contribution in [0.5, 0.6) is 0 Å². The number of amides is 1. The lowest BCUT2D eigenvalue weighted by Gasteiger charge is -2.31. The largest absolute Gasteiger partial charge is 0.462 e. The maximum absolute atomic E-state index is 12.3. The van der Waals surface area contributed by atoms with Gasteiger partial charge in [0, 0.05) is 26.4 Å². The van der Waals surface area contributed by atoms with Crippen LogP contribution in [-0.4, -0.2) is 36.0 Å². The van der Waals surface area contributed by atoms with Crippen molar-refractivity contribution in [1.29, 1.82) is 0 Å². The summed E-state index contributed by atoms with van der Waals surface area (Å²) in [5.41, 5.74) is 1.19. The Balaban J connectivity index is 1.83. The number of piperidine rings is 1. The number of benzene rings is 1. The fraction of sp³-hybridized carbons (Fsp3) is 0.556. The third kappa shape index (κ3) is 4.58. The molecule has 0 spiro atoms. The lowest BCUT2D eigenvalue weighted by atomic mass is 9.96. The fourth-order valence-corrected chi connectivity index (χ4v) is 2.84.